The lowest BCUT2D eigenvalue weighted by atomic mass is 9.92. The second-order valence-corrected chi connectivity index (χ2v) is 2.89. The van der Waals surface area contributed by atoms with Crippen LogP contribution in [0, 0.1) is 25.0 Å². The molecule has 0 saturated carbocycles. The van der Waals surface area contributed by atoms with Gasteiger partial charge in [-0.05, 0) is 0 Å². The lowest BCUT2D eigenvalue weighted by Gasteiger charge is -2.25. The van der Waals surface area contributed by atoms with Crippen LogP contribution in [-0.2, 0) is 19.4 Å². The number of rotatable bonds is 12. The Labute approximate surface area is 93.2 Å². The van der Waals surface area contributed by atoms with Crippen molar-refractivity contribution in [3.05, 3.63) is 19.6 Å². The molecular formula is C5H8N4O8. The van der Waals surface area contributed by atoms with Gasteiger partial charge in [0.25, 0.3) is 0 Å². The third kappa shape index (κ3) is 5.91. The molecule has 12 heteroatoms. The average Bonchev–Trinajstić information content (AvgIpc) is 2.37. The van der Waals surface area contributed by atoms with Crippen molar-refractivity contribution in [3.63, 3.8) is 0 Å². The number of hydrogen-bond acceptors (Lipinski definition) is 12. The molecule has 96 valence electrons. The summed E-state index contributed by atoms with van der Waals surface area (Å²) in [5.41, 5.74) is -1.36. The molecule has 0 aromatic rings. The Balaban J connectivity index is 4.59. The van der Waals surface area contributed by atoms with Crippen molar-refractivity contribution in [1.29, 1.82) is 0 Å². The SMILES string of the molecule is O=NOCC(CON=O)(CON=O)CON=O. The molecule has 0 bridgehead atoms. The Morgan fingerprint density at radius 1 is 0.588 bits per heavy atom. The maximum Gasteiger partial charge on any atom is 0.155 e. The summed E-state index contributed by atoms with van der Waals surface area (Å²) in [4.78, 5) is 56.0. The molecule has 17 heavy (non-hydrogen) atoms. The van der Waals surface area contributed by atoms with Crippen molar-refractivity contribution in [2.45, 2.75) is 0 Å². The van der Waals surface area contributed by atoms with Gasteiger partial charge in [0, 0.05) is 0 Å². The van der Waals surface area contributed by atoms with Gasteiger partial charge in [0.15, 0.2) is 21.4 Å². The molecule has 0 radical (unpaired) electrons. The van der Waals surface area contributed by atoms with Crippen LogP contribution in [0.25, 0.3) is 0 Å². The van der Waals surface area contributed by atoms with Crippen LogP contribution in [0.4, 0.5) is 0 Å². The van der Waals surface area contributed by atoms with E-state index in [1.807, 2.05) is 0 Å². The Kier molecular flexibility index (Phi) is 7.62. The Morgan fingerprint density at radius 3 is 1.00 bits per heavy atom. The van der Waals surface area contributed by atoms with E-state index in [-0.39, 0.29) is 0 Å². The highest BCUT2D eigenvalue weighted by molar-refractivity contribution is 4.78. The van der Waals surface area contributed by atoms with Crippen molar-refractivity contribution in [2.75, 3.05) is 26.4 Å². The summed E-state index contributed by atoms with van der Waals surface area (Å²) < 4.78 is 0. The van der Waals surface area contributed by atoms with Gasteiger partial charge in [0.1, 0.15) is 31.8 Å². The summed E-state index contributed by atoms with van der Waals surface area (Å²) in [5, 5.41) is 8.41. The van der Waals surface area contributed by atoms with Crippen molar-refractivity contribution < 1.29 is 19.4 Å². The van der Waals surface area contributed by atoms with Crippen LogP contribution in [0.2, 0.25) is 0 Å². The first-order chi connectivity index (χ1) is 8.24. The predicted molar refractivity (Wildman–Crippen MR) is 49.4 cm³/mol. The van der Waals surface area contributed by atoms with E-state index in [9.17, 15) is 19.6 Å². The number of nitrogens with zero attached hydrogens (tertiary/aromatic N) is 4. The highest BCUT2D eigenvalue weighted by atomic mass is 16.8. The highest BCUT2D eigenvalue weighted by Gasteiger charge is 2.37. The molecule has 0 aromatic heterocycles. The molecule has 0 heterocycles. The first kappa shape index (κ1) is 14.6. The summed E-state index contributed by atoms with van der Waals surface area (Å²) >= 11 is 0. The van der Waals surface area contributed by atoms with Crippen LogP contribution < -0.4 is 0 Å². The second kappa shape index (κ2) is 8.87. The van der Waals surface area contributed by atoms with E-state index < -0.39 is 31.8 Å². The molecule has 0 unspecified atom stereocenters. The zero-order chi connectivity index (χ0) is 13.0. The van der Waals surface area contributed by atoms with Crippen LogP contribution in [0.15, 0.2) is 21.4 Å². The van der Waals surface area contributed by atoms with Gasteiger partial charge >= 0.3 is 0 Å². The molecule has 0 aliphatic rings. The summed E-state index contributed by atoms with van der Waals surface area (Å²) in [7, 11) is 0. The quantitative estimate of drug-likeness (QED) is 0.364. The third-order valence-corrected chi connectivity index (χ3v) is 1.69. The van der Waals surface area contributed by atoms with Crippen LogP contribution in [0.3, 0.4) is 0 Å². The molecule has 0 aromatic carbocycles. The fourth-order valence-electron chi connectivity index (χ4n) is 0.903. The van der Waals surface area contributed by atoms with Gasteiger partial charge in [0.05, 0.1) is 0 Å². The minimum atomic E-state index is -1.36. The van der Waals surface area contributed by atoms with Crippen LogP contribution in [0.5, 0.6) is 0 Å². The highest BCUT2D eigenvalue weighted by Crippen LogP contribution is 2.21. The second-order valence-electron chi connectivity index (χ2n) is 2.89. The van der Waals surface area contributed by atoms with Gasteiger partial charge in [-0.2, -0.15) is 0 Å². The molecule has 0 saturated heterocycles. The predicted octanol–water partition coefficient (Wildman–Crippen LogP) is 0.765. The normalized spacial score (nSPS) is 9.88. The molecule has 0 fully saturated rings. The van der Waals surface area contributed by atoms with Crippen LogP contribution >= 0.6 is 0 Å². The van der Waals surface area contributed by atoms with Gasteiger partial charge in [-0.25, -0.2) is 0 Å². The maximum absolute atomic E-state index is 9.82. The van der Waals surface area contributed by atoms with Gasteiger partial charge in [-0.1, -0.05) is 0 Å². The molecule has 0 spiro atoms. The zero-order valence-corrected chi connectivity index (χ0v) is 8.38. The van der Waals surface area contributed by atoms with Crippen molar-refractivity contribution >= 4 is 0 Å². The van der Waals surface area contributed by atoms with Gasteiger partial charge < -0.3 is 19.4 Å². The largest absolute Gasteiger partial charge is 0.363 e. The fourth-order valence-corrected chi connectivity index (χ4v) is 0.903. The minimum absolute atomic E-state index is 0.461. The van der Waals surface area contributed by atoms with Crippen molar-refractivity contribution in [3.8, 4) is 0 Å². The van der Waals surface area contributed by atoms with E-state index in [4.69, 9.17) is 0 Å². The van der Waals surface area contributed by atoms with E-state index >= 15 is 0 Å². The molecular weight excluding hydrogens is 244 g/mol. The Morgan fingerprint density at radius 2 is 0.824 bits per heavy atom. The lowest BCUT2D eigenvalue weighted by Crippen LogP contribution is -2.40. The Hall–Kier alpha value is -2.40. The zero-order valence-electron chi connectivity index (χ0n) is 8.38. The summed E-state index contributed by atoms with van der Waals surface area (Å²) in [6.45, 7) is -1.84. The Bertz CT molecular complexity index is 207. The smallest absolute Gasteiger partial charge is 0.155 e. The molecule has 0 aliphatic carbocycles. The average molecular weight is 252 g/mol. The van der Waals surface area contributed by atoms with E-state index in [1.165, 1.54) is 0 Å². The van der Waals surface area contributed by atoms with Gasteiger partial charge in [-0.15, -0.1) is 19.6 Å². The van der Waals surface area contributed by atoms with E-state index in [0.29, 0.717) is 0 Å². The van der Waals surface area contributed by atoms with E-state index in [1.54, 1.807) is 0 Å². The first-order valence-corrected chi connectivity index (χ1v) is 4.03. The first-order valence-electron chi connectivity index (χ1n) is 4.03. The van der Waals surface area contributed by atoms with Crippen molar-refractivity contribution in [1.82, 2.24) is 0 Å². The van der Waals surface area contributed by atoms with Gasteiger partial charge in [0.2, 0.25) is 0 Å². The standard InChI is InChI=1S/C5H8N4O8/c10-6-14-1-5(2-15-7-11,3-16-8-12)4-17-9-13/h1-4H2. The van der Waals surface area contributed by atoms with E-state index in [2.05, 4.69) is 40.7 Å². The monoisotopic (exact) mass is 252 g/mol. The molecule has 0 rings (SSSR count). The molecule has 0 N–H and O–H groups in total. The topological polar surface area (TPSA) is 155 Å². The molecule has 0 aliphatic heterocycles. The van der Waals surface area contributed by atoms with Gasteiger partial charge in [-0.3, -0.25) is 0 Å². The fraction of sp³-hybridized carbons (Fsp3) is 1.00. The number of hydrogen-bond donors (Lipinski definition) is 0. The molecule has 0 atom stereocenters. The van der Waals surface area contributed by atoms with E-state index in [0.717, 1.165) is 0 Å². The summed E-state index contributed by atoms with van der Waals surface area (Å²) in [6, 6.07) is 0. The minimum Gasteiger partial charge on any atom is -0.363 e. The summed E-state index contributed by atoms with van der Waals surface area (Å²) in [5.74, 6) is 0. The molecule has 12 nitrogen and oxygen atoms in total. The third-order valence-electron chi connectivity index (χ3n) is 1.69. The van der Waals surface area contributed by atoms with Crippen molar-refractivity contribution in [2.24, 2.45) is 26.8 Å². The van der Waals surface area contributed by atoms with Crippen LogP contribution in [0.1, 0.15) is 0 Å². The van der Waals surface area contributed by atoms with Crippen LogP contribution in [-0.4, -0.2) is 26.4 Å². The molecule has 0 amide bonds. The lowest BCUT2D eigenvalue weighted by molar-refractivity contribution is -0.108. The summed E-state index contributed by atoms with van der Waals surface area (Å²) in [6.07, 6.45) is 0. The maximum atomic E-state index is 9.82.